The Hall–Kier alpha value is -2.18. The van der Waals surface area contributed by atoms with Gasteiger partial charge in [-0.3, -0.25) is 4.79 Å². The van der Waals surface area contributed by atoms with Crippen LogP contribution in [-0.4, -0.2) is 40.3 Å². The van der Waals surface area contributed by atoms with E-state index in [0.29, 0.717) is 13.0 Å². The van der Waals surface area contributed by atoms with E-state index in [1.807, 2.05) is 0 Å². The average molecular weight is 250 g/mol. The Morgan fingerprint density at radius 1 is 1.56 bits per heavy atom. The van der Waals surface area contributed by atoms with Crippen molar-refractivity contribution >= 4 is 17.4 Å². The first kappa shape index (κ1) is 12.3. The van der Waals surface area contributed by atoms with E-state index in [-0.39, 0.29) is 17.8 Å². The van der Waals surface area contributed by atoms with Crippen LogP contribution in [0.1, 0.15) is 12.8 Å². The van der Waals surface area contributed by atoms with E-state index in [4.69, 9.17) is 0 Å². The van der Waals surface area contributed by atoms with E-state index < -0.39 is 4.92 Å². The van der Waals surface area contributed by atoms with Gasteiger partial charge in [-0.15, -0.1) is 0 Å². The fourth-order valence-electron chi connectivity index (χ4n) is 1.95. The number of anilines is 1. The number of likely N-dealkylation sites (N-methyl/N-ethyl adjacent to an activating group) is 1. The van der Waals surface area contributed by atoms with Crippen LogP contribution in [0.3, 0.4) is 0 Å². The van der Waals surface area contributed by atoms with Crippen molar-refractivity contribution in [2.24, 2.45) is 0 Å². The average Bonchev–Trinajstić information content (AvgIpc) is 2.34. The lowest BCUT2D eigenvalue weighted by Gasteiger charge is -2.30. The molecule has 1 aromatic rings. The van der Waals surface area contributed by atoms with Crippen molar-refractivity contribution in [2.75, 3.05) is 18.9 Å². The highest BCUT2D eigenvalue weighted by Gasteiger charge is 2.22. The highest BCUT2D eigenvalue weighted by molar-refractivity contribution is 5.77. The van der Waals surface area contributed by atoms with E-state index >= 15 is 0 Å². The van der Waals surface area contributed by atoms with Crippen LogP contribution in [0, 0.1) is 10.1 Å². The molecule has 7 heteroatoms. The lowest BCUT2D eigenvalue weighted by Crippen LogP contribution is -2.43. The second-order valence-corrected chi connectivity index (χ2v) is 4.32. The summed E-state index contributed by atoms with van der Waals surface area (Å²) < 4.78 is 0. The number of hydrogen-bond donors (Lipinski definition) is 1. The van der Waals surface area contributed by atoms with Crippen LogP contribution >= 0.6 is 0 Å². The molecular formula is C11H14N4O3. The number of pyridine rings is 1. The summed E-state index contributed by atoms with van der Waals surface area (Å²) >= 11 is 0. The normalized spacial score (nSPS) is 19.7. The van der Waals surface area contributed by atoms with Gasteiger partial charge in [0.2, 0.25) is 5.91 Å². The largest absolute Gasteiger partial charge is 0.377 e. The zero-order chi connectivity index (χ0) is 13.1. The van der Waals surface area contributed by atoms with Crippen LogP contribution < -0.4 is 5.32 Å². The van der Waals surface area contributed by atoms with Crippen LogP contribution in [0.5, 0.6) is 0 Å². The Morgan fingerprint density at radius 3 is 2.89 bits per heavy atom. The first-order valence-electron chi connectivity index (χ1n) is 5.67. The maximum Gasteiger partial charge on any atom is 0.363 e. The van der Waals surface area contributed by atoms with Crippen LogP contribution in [-0.2, 0) is 4.79 Å². The predicted molar refractivity (Wildman–Crippen MR) is 65.2 cm³/mol. The molecule has 0 radical (unpaired) electrons. The van der Waals surface area contributed by atoms with Crippen LogP contribution in [0.2, 0.25) is 0 Å². The van der Waals surface area contributed by atoms with E-state index in [9.17, 15) is 14.9 Å². The zero-order valence-electron chi connectivity index (χ0n) is 10.00. The van der Waals surface area contributed by atoms with Crippen molar-refractivity contribution in [1.29, 1.82) is 0 Å². The van der Waals surface area contributed by atoms with Gasteiger partial charge in [0, 0.05) is 32.1 Å². The van der Waals surface area contributed by atoms with Gasteiger partial charge in [-0.2, -0.15) is 0 Å². The summed E-state index contributed by atoms with van der Waals surface area (Å²) in [4.78, 5) is 26.7. The molecule has 7 nitrogen and oxygen atoms in total. The molecule has 2 heterocycles. The maximum atomic E-state index is 11.3. The van der Waals surface area contributed by atoms with Gasteiger partial charge in [0.05, 0.1) is 5.69 Å². The van der Waals surface area contributed by atoms with Gasteiger partial charge in [-0.1, -0.05) is 0 Å². The maximum absolute atomic E-state index is 11.3. The van der Waals surface area contributed by atoms with E-state index in [1.165, 1.54) is 12.3 Å². The molecule has 1 atom stereocenters. The van der Waals surface area contributed by atoms with E-state index in [1.54, 1.807) is 18.0 Å². The fraction of sp³-hybridized carbons (Fsp3) is 0.455. The molecule has 0 aromatic carbocycles. The number of likely N-dealkylation sites (tertiary alicyclic amines) is 1. The molecule has 1 aromatic heterocycles. The number of aromatic nitrogens is 1. The molecule has 1 N–H and O–H groups in total. The Morgan fingerprint density at radius 2 is 2.33 bits per heavy atom. The van der Waals surface area contributed by atoms with E-state index in [2.05, 4.69) is 10.3 Å². The second kappa shape index (κ2) is 4.99. The smallest absolute Gasteiger partial charge is 0.363 e. The molecule has 0 aliphatic carbocycles. The van der Waals surface area contributed by atoms with Gasteiger partial charge >= 0.3 is 5.82 Å². The zero-order valence-corrected chi connectivity index (χ0v) is 10.00. The molecule has 1 saturated heterocycles. The van der Waals surface area contributed by atoms with Gasteiger partial charge in [0.1, 0.15) is 0 Å². The van der Waals surface area contributed by atoms with E-state index in [0.717, 1.165) is 12.1 Å². The fourth-order valence-corrected chi connectivity index (χ4v) is 1.95. The molecule has 0 saturated carbocycles. The summed E-state index contributed by atoms with van der Waals surface area (Å²) in [5.41, 5.74) is 0.730. The molecule has 1 fully saturated rings. The Balaban J connectivity index is 1.97. The van der Waals surface area contributed by atoms with Gasteiger partial charge in [-0.25, -0.2) is 0 Å². The third kappa shape index (κ3) is 2.73. The lowest BCUT2D eigenvalue weighted by molar-refractivity contribution is -0.389. The number of hydrogen-bond acceptors (Lipinski definition) is 5. The Bertz CT molecular complexity index is 460. The molecule has 96 valence electrons. The summed E-state index contributed by atoms with van der Waals surface area (Å²) in [6.07, 6.45) is 2.73. The first-order chi connectivity index (χ1) is 8.56. The summed E-state index contributed by atoms with van der Waals surface area (Å²) in [6, 6.07) is 3.15. The predicted octanol–water partition coefficient (Wildman–Crippen LogP) is 1.02. The molecule has 18 heavy (non-hydrogen) atoms. The number of rotatable bonds is 3. The highest BCUT2D eigenvalue weighted by atomic mass is 16.6. The lowest BCUT2D eigenvalue weighted by atomic mass is 10.1. The number of piperidine rings is 1. The van der Waals surface area contributed by atoms with Gasteiger partial charge in [0.25, 0.3) is 0 Å². The van der Waals surface area contributed by atoms with Crippen LogP contribution in [0.4, 0.5) is 11.5 Å². The van der Waals surface area contributed by atoms with Crippen LogP contribution in [0.15, 0.2) is 18.3 Å². The standard InChI is InChI=1S/C11H14N4O3/c1-14-7-9(3-5-11(14)16)13-8-2-4-10(12-6-8)15(17)18/h2,4,6,9,13H,3,5,7H2,1H3. The number of amides is 1. The molecule has 2 rings (SSSR count). The Kier molecular flexibility index (Phi) is 3.40. The van der Waals surface area contributed by atoms with Crippen LogP contribution in [0.25, 0.3) is 0 Å². The highest BCUT2D eigenvalue weighted by Crippen LogP contribution is 2.17. The number of carbonyl (C=O) groups is 1. The monoisotopic (exact) mass is 250 g/mol. The van der Waals surface area contributed by atoms with Gasteiger partial charge < -0.3 is 20.3 Å². The second-order valence-electron chi connectivity index (χ2n) is 4.32. The molecule has 1 unspecified atom stereocenters. The topological polar surface area (TPSA) is 88.4 Å². The van der Waals surface area contributed by atoms with Gasteiger partial charge in [-0.05, 0) is 22.4 Å². The summed E-state index contributed by atoms with van der Waals surface area (Å²) in [6.45, 7) is 0.635. The SMILES string of the molecule is CN1CC(Nc2ccc([N+](=O)[O-])nc2)CCC1=O. The third-order valence-corrected chi connectivity index (χ3v) is 2.93. The van der Waals surface area contributed by atoms with Crippen molar-refractivity contribution in [3.05, 3.63) is 28.4 Å². The third-order valence-electron chi connectivity index (χ3n) is 2.93. The molecule has 1 aliphatic heterocycles. The number of nitrogens with zero attached hydrogens (tertiary/aromatic N) is 3. The molecular weight excluding hydrogens is 236 g/mol. The molecule has 1 amide bonds. The first-order valence-corrected chi connectivity index (χ1v) is 5.67. The van der Waals surface area contributed by atoms with Gasteiger partial charge in [0.15, 0.2) is 6.20 Å². The minimum atomic E-state index is -0.531. The summed E-state index contributed by atoms with van der Waals surface area (Å²) in [7, 11) is 1.77. The Labute approximate surface area is 104 Å². The molecule has 0 spiro atoms. The number of nitrogens with one attached hydrogen (secondary N) is 1. The van der Waals surface area contributed by atoms with Crippen molar-refractivity contribution in [3.8, 4) is 0 Å². The van der Waals surface area contributed by atoms with Crippen molar-refractivity contribution in [3.63, 3.8) is 0 Å². The molecule has 1 aliphatic rings. The summed E-state index contributed by atoms with van der Waals surface area (Å²) in [5, 5.41) is 13.7. The summed E-state index contributed by atoms with van der Waals surface area (Å²) in [5.74, 6) is -0.0219. The number of carbonyl (C=O) groups excluding carboxylic acids is 1. The molecule has 0 bridgehead atoms. The minimum Gasteiger partial charge on any atom is -0.377 e. The van der Waals surface area contributed by atoms with Crippen molar-refractivity contribution < 1.29 is 9.72 Å². The van der Waals surface area contributed by atoms with Crippen molar-refractivity contribution in [2.45, 2.75) is 18.9 Å². The number of nitro groups is 1. The minimum absolute atomic E-state index is 0.148. The quantitative estimate of drug-likeness (QED) is 0.639. The van der Waals surface area contributed by atoms with Crippen molar-refractivity contribution in [1.82, 2.24) is 9.88 Å².